The Hall–Kier alpha value is -2.21. The summed E-state index contributed by atoms with van der Waals surface area (Å²) in [5.74, 6) is -0.861. The third kappa shape index (κ3) is 3.06. The first-order valence-electron chi connectivity index (χ1n) is 9.06. The van der Waals surface area contributed by atoms with Gasteiger partial charge in [0.05, 0.1) is 0 Å². The number of carbonyl (C=O) groups is 3. The molecular weight excluding hydrogens is 318 g/mol. The molecule has 1 aromatic carbocycles. The number of urea groups is 1. The van der Waals surface area contributed by atoms with Crippen molar-refractivity contribution in [3.8, 4) is 0 Å². The van der Waals surface area contributed by atoms with Crippen LogP contribution >= 0.6 is 0 Å². The highest BCUT2D eigenvalue weighted by Gasteiger charge is 2.55. The highest BCUT2D eigenvalue weighted by Crippen LogP contribution is 2.36. The maximum Gasteiger partial charge on any atom is 0.331 e. The number of imide groups is 2. The second kappa shape index (κ2) is 7.35. The summed E-state index contributed by atoms with van der Waals surface area (Å²) in [4.78, 5) is 40.1. The largest absolute Gasteiger partial charge is 0.331 e. The predicted molar refractivity (Wildman–Crippen MR) is 93.9 cm³/mol. The smallest absolute Gasteiger partial charge is 0.317 e. The molecule has 1 atom stereocenters. The van der Waals surface area contributed by atoms with Crippen LogP contribution in [0.1, 0.15) is 44.6 Å². The van der Waals surface area contributed by atoms with Crippen LogP contribution in [0.25, 0.3) is 0 Å². The summed E-state index contributed by atoms with van der Waals surface area (Å²) in [5, 5.41) is 5.70. The Labute approximate surface area is 148 Å². The van der Waals surface area contributed by atoms with Gasteiger partial charge in [0.2, 0.25) is 5.91 Å². The first-order chi connectivity index (χ1) is 12.1. The van der Waals surface area contributed by atoms with Gasteiger partial charge < -0.3 is 5.32 Å². The minimum atomic E-state index is -1.31. The number of barbiturate groups is 1. The molecule has 0 aromatic heterocycles. The van der Waals surface area contributed by atoms with Gasteiger partial charge in [-0.2, -0.15) is 0 Å². The van der Waals surface area contributed by atoms with Crippen LogP contribution in [0, 0.1) is 0 Å². The Morgan fingerprint density at radius 1 is 1.12 bits per heavy atom. The molecule has 3 rings (SSSR count). The van der Waals surface area contributed by atoms with Crippen molar-refractivity contribution < 1.29 is 14.4 Å². The maximum absolute atomic E-state index is 13.5. The lowest BCUT2D eigenvalue weighted by Crippen LogP contribution is -2.68. The summed E-state index contributed by atoms with van der Waals surface area (Å²) in [7, 11) is 0. The van der Waals surface area contributed by atoms with Crippen molar-refractivity contribution in [3.63, 3.8) is 0 Å². The van der Waals surface area contributed by atoms with E-state index in [2.05, 4.69) is 10.6 Å². The SMILES string of the molecule is CCCCC1(c2ccccc2)C(=O)NC(=O)N(C2CCNCC2)C1=O. The average Bonchev–Trinajstić information content (AvgIpc) is 2.63. The molecule has 0 spiro atoms. The Kier molecular flexibility index (Phi) is 5.18. The molecule has 0 aliphatic carbocycles. The zero-order valence-electron chi connectivity index (χ0n) is 14.6. The van der Waals surface area contributed by atoms with Gasteiger partial charge in [-0.3, -0.25) is 19.8 Å². The van der Waals surface area contributed by atoms with Crippen molar-refractivity contribution in [2.75, 3.05) is 13.1 Å². The fourth-order valence-electron chi connectivity index (χ4n) is 3.84. The number of amides is 4. The van der Waals surface area contributed by atoms with Gasteiger partial charge in [-0.1, -0.05) is 50.1 Å². The lowest BCUT2D eigenvalue weighted by Gasteiger charge is -2.43. The summed E-state index contributed by atoms with van der Waals surface area (Å²) in [6.45, 7) is 3.56. The number of rotatable bonds is 5. The van der Waals surface area contributed by atoms with E-state index in [1.807, 2.05) is 37.3 Å². The summed E-state index contributed by atoms with van der Waals surface area (Å²) < 4.78 is 0. The van der Waals surface area contributed by atoms with Gasteiger partial charge in [-0.25, -0.2) is 4.79 Å². The van der Waals surface area contributed by atoms with Crippen LogP contribution in [-0.2, 0) is 15.0 Å². The van der Waals surface area contributed by atoms with Gasteiger partial charge in [0.1, 0.15) is 0 Å². The van der Waals surface area contributed by atoms with Crippen LogP contribution in [0.3, 0.4) is 0 Å². The molecule has 2 N–H and O–H groups in total. The van der Waals surface area contributed by atoms with Crippen LogP contribution in [0.15, 0.2) is 30.3 Å². The minimum Gasteiger partial charge on any atom is -0.317 e. The van der Waals surface area contributed by atoms with Crippen LogP contribution in [0.5, 0.6) is 0 Å². The van der Waals surface area contributed by atoms with Crippen LogP contribution in [0.2, 0.25) is 0 Å². The van der Waals surface area contributed by atoms with Crippen LogP contribution < -0.4 is 10.6 Å². The number of nitrogens with one attached hydrogen (secondary N) is 2. The molecule has 0 saturated carbocycles. The number of piperidine rings is 1. The maximum atomic E-state index is 13.5. The predicted octanol–water partition coefficient (Wildman–Crippen LogP) is 1.94. The van der Waals surface area contributed by atoms with E-state index in [1.165, 1.54) is 4.90 Å². The molecule has 25 heavy (non-hydrogen) atoms. The second-order valence-corrected chi connectivity index (χ2v) is 6.79. The fourth-order valence-corrected chi connectivity index (χ4v) is 3.84. The molecule has 2 aliphatic heterocycles. The summed E-state index contributed by atoms with van der Waals surface area (Å²) in [6, 6.07) is 8.39. The average molecular weight is 343 g/mol. The first kappa shape index (κ1) is 17.6. The fraction of sp³-hybridized carbons (Fsp3) is 0.526. The summed E-state index contributed by atoms with van der Waals surface area (Å²) in [6.07, 6.45) is 3.45. The van der Waals surface area contributed by atoms with Gasteiger partial charge in [-0.05, 0) is 37.9 Å². The molecule has 0 radical (unpaired) electrons. The molecule has 4 amide bonds. The van der Waals surface area contributed by atoms with E-state index in [-0.39, 0.29) is 11.9 Å². The van der Waals surface area contributed by atoms with E-state index >= 15 is 0 Å². The van der Waals surface area contributed by atoms with E-state index in [0.717, 1.165) is 25.9 Å². The Balaban J connectivity index is 2.03. The number of nitrogens with zero attached hydrogens (tertiary/aromatic N) is 1. The number of benzene rings is 1. The molecule has 6 heteroatoms. The third-order valence-corrected chi connectivity index (χ3v) is 5.26. The lowest BCUT2D eigenvalue weighted by atomic mass is 9.72. The highest BCUT2D eigenvalue weighted by atomic mass is 16.2. The first-order valence-corrected chi connectivity index (χ1v) is 9.06. The quantitative estimate of drug-likeness (QED) is 0.801. The molecule has 1 unspecified atom stereocenters. The lowest BCUT2D eigenvalue weighted by molar-refractivity contribution is -0.147. The number of hydrogen-bond donors (Lipinski definition) is 2. The van der Waals surface area contributed by atoms with E-state index in [9.17, 15) is 14.4 Å². The number of unbranched alkanes of at least 4 members (excludes halogenated alkanes) is 1. The highest BCUT2D eigenvalue weighted by molar-refractivity contribution is 6.23. The van der Waals surface area contributed by atoms with E-state index in [0.29, 0.717) is 24.8 Å². The molecule has 2 saturated heterocycles. The van der Waals surface area contributed by atoms with Gasteiger partial charge in [0.25, 0.3) is 5.91 Å². The van der Waals surface area contributed by atoms with Gasteiger partial charge in [-0.15, -0.1) is 0 Å². The van der Waals surface area contributed by atoms with E-state index in [4.69, 9.17) is 0 Å². The zero-order chi connectivity index (χ0) is 17.9. The normalized spacial score (nSPS) is 25.2. The Morgan fingerprint density at radius 3 is 2.44 bits per heavy atom. The second-order valence-electron chi connectivity index (χ2n) is 6.79. The number of hydrogen-bond acceptors (Lipinski definition) is 4. The third-order valence-electron chi connectivity index (χ3n) is 5.26. The summed E-state index contributed by atoms with van der Waals surface area (Å²) >= 11 is 0. The topological polar surface area (TPSA) is 78.5 Å². The molecule has 1 aromatic rings. The molecule has 2 aliphatic rings. The van der Waals surface area contributed by atoms with Gasteiger partial charge >= 0.3 is 6.03 Å². The van der Waals surface area contributed by atoms with Crippen LogP contribution in [0.4, 0.5) is 4.79 Å². The molecule has 2 heterocycles. The number of carbonyl (C=O) groups excluding carboxylic acids is 3. The van der Waals surface area contributed by atoms with Crippen molar-refractivity contribution in [1.82, 2.24) is 15.5 Å². The standard InChI is InChI=1S/C19H25N3O3/c1-2-3-11-19(14-7-5-4-6-8-14)16(23)21-18(25)22(17(19)24)15-9-12-20-13-10-15/h4-8,15,20H,2-3,9-13H2,1H3,(H,21,23,25). The Bertz CT molecular complexity index is 655. The zero-order valence-corrected chi connectivity index (χ0v) is 14.6. The van der Waals surface area contributed by atoms with E-state index in [1.54, 1.807) is 0 Å². The van der Waals surface area contributed by atoms with Crippen molar-refractivity contribution in [2.45, 2.75) is 50.5 Å². The molecule has 134 valence electrons. The molecule has 2 fully saturated rings. The van der Waals surface area contributed by atoms with E-state index < -0.39 is 17.4 Å². The van der Waals surface area contributed by atoms with Crippen molar-refractivity contribution in [1.29, 1.82) is 0 Å². The molecule has 6 nitrogen and oxygen atoms in total. The minimum absolute atomic E-state index is 0.161. The summed E-state index contributed by atoms with van der Waals surface area (Å²) in [5.41, 5.74) is -0.645. The molecule has 0 bridgehead atoms. The Morgan fingerprint density at radius 2 is 1.80 bits per heavy atom. The van der Waals surface area contributed by atoms with Crippen molar-refractivity contribution in [2.24, 2.45) is 0 Å². The van der Waals surface area contributed by atoms with Gasteiger partial charge in [0.15, 0.2) is 5.41 Å². The van der Waals surface area contributed by atoms with Crippen LogP contribution in [-0.4, -0.2) is 41.9 Å². The van der Waals surface area contributed by atoms with Crippen molar-refractivity contribution >= 4 is 17.8 Å². The molecular formula is C19H25N3O3. The monoisotopic (exact) mass is 343 g/mol. The van der Waals surface area contributed by atoms with Gasteiger partial charge in [0, 0.05) is 6.04 Å². The van der Waals surface area contributed by atoms with Crippen molar-refractivity contribution in [3.05, 3.63) is 35.9 Å².